The van der Waals surface area contributed by atoms with Crippen molar-refractivity contribution < 1.29 is 28.5 Å². The van der Waals surface area contributed by atoms with Gasteiger partial charge in [-0.3, -0.25) is 4.79 Å². The average molecular weight is 518 g/mol. The third kappa shape index (κ3) is 9.15. The zero-order valence-corrected chi connectivity index (χ0v) is 24.5. The van der Waals surface area contributed by atoms with E-state index in [1.54, 1.807) is 28.4 Å². The fourth-order valence-corrected chi connectivity index (χ4v) is 4.06. The van der Waals surface area contributed by atoms with Crippen LogP contribution in [0.25, 0.3) is 0 Å². The van der Waals surface area contributed by atoms with E-state index in [4.69, 9.17) is 23.7 Å². The Kier molecular flexibility index (Phi) is 13.9. The van der Waals surface area contributed by atoms with Gasteiger partial charge in [0.05, 0.1) is 40.0 Å². The number of hydrogen-bond donors (Lipinski definition) is 0. The molecule has 1 unspecified atom stereocenters. The van der Waals surface area contributed by atoms with Crippen LogP contribution in [0.1, 0.15) is 58.6 Å². The predicted octanol–water partition coefficient (Wildman–Crippen LogP) is 5.91. The fourth-order valence-electron chi connectivity index (χ4n) is 4.06. The molecule has 0 aliphatic rings. The number of ether oxygens (including phenoxy) is 5. The van der Waals surface area contributed by atoms with Crippen LogP contribution in [-0.4, -0.2) is 65.5 Å². The molecular weight excluding hydrogens is 470 g/mol. The van der Waals surface area contributed by atoms with E-state index in [0.717, 1.165) is 43.0 Å². The van der Waals surface area contributed by atoms with Crippen molar-refractivity contribution in [3.63, 3.8) is 0 Å². The van der Waals surface area contributed by atoms with Crippen molar-refractivity contribution in [2.75, 3.05) is 48.6 Å². The lowest BCUT2D eigenvalue weighted by molar-refractivity contribution is -0.154. The van der Waals surface area contributed by atoms with Gasteiger partial charge in [-0.15, -0.1) is 0 Å². The number of carbonyl (C=O) groups excluding carboxylic acids is 1. The van der Waals surface area contributed by atoms with E-state index in [-0.39, 0.29) is 12.1 Å². The van der Waals surface area contributed by atoms with Crippen LogP contribution in [0.2, 0.25) is 0 Å². The maximum atomic E-state index is 13.2. The summed E-state index contributed by atoms with van der Waals surface area (Å²) >= 11 is 0. The van der Waals surface area contributed by atoms with Crippen LogP contribution in [-0.2, 0) is 21.4 Å². The van der Waals surface area contributed by atoms with Crippen molar-refractivity contribution in [3.05, 3.63) is 47.5 Å². The molecule has 37 heavy (non-hydrogen) atoms. The zero-order valence-electron chi connectivity index (χ0n) is 24.5. The number of nitrogens with zero attached hydrogens (tertiary/aromatic N) is 1. The molecule has 0 aromatic heterocycles. The van der Waals surface area contributed by atoms with E-state index < -0.39 is 5.41 Å². The summed E-state index contributed by atoms with van der Waals surface area (Å²) in [4.78, 5) is 15.5. The smallest absolute Gasteiger partial charge is 0.316 e. The maximum Gasteiger partial charge on any atom is 0.316 e. The lowest BCUT2D eigenvalue weighted by Crippen LogP contribution is -2.37. The summed E-state index contributed by atoms with van der Waals surface area (Å²) in [6.07, 6.45) is 2.18. The van der Waals surface area contributed by atoms with Crippen LogP contribution in [0.5, 0.6) is 23.0 Å². The Morgan fingerprint density at radius 1 is 0.838 bits per heavy atom. The molecule has 7 nitrogen and oxygen atoms in total. The SMILES string of the molecule is CC.COc1ccc(CCN(C)CCCC(C)(C(=O)OC(C)C)c2ccc(OC)c(OC)c2)cc1OC. The summed E-state index contributed by atoms with van der Waals surface area (Å²) in [5, 5.41) is 0. The molecule has 1 atom stereocenters. The minimum absolute atomic E-state index is 0.189. The van der Waals surface area contributed by atoms with Crippen molar-refractivity contribution in [2.24, 2.45) is 0 Å². The van der Waals surface area contributed by atoms with Crippen molar-refractivity contribution in [2.45, 2.75) is 65.4 Å². The van der Waals surface area contributed by atoms with E-state index in [1.165, 1.54) is 5.56 Å². The standard InChI is InChI=1S/C28H41NO6.C2H6/c1-20(2)35-27(30)28(3,22-11-13-24(32-6)26(19-22)34-8)15-9-16-29(4)17-14-21-10-12-23(31-5)25(18-21)33-7;1-2/h10-13,18-20H,9,14-17H2,1-8H3;1-2H3. The first-order chi connectivity index (χ1) is 17.7. The van der Waals surface area contributed by atoms with E-state index in [1.807, 2.05) is 65.0 Å². The lowest BCUT2D eigenvalue weighted by atomic mass is 9.78. The highest BCUT2D eigenvalue weighted by molar-refractivity contribution is 5.83. The summed E-state index contributed by atoms with van der Waals surface area (Å²) in [5.74, 6) is 2.47. The fraction of sp³-hybridized carbons (Fsp3) is 0.567. The first-order valence-electron chi connectivity index (χ1n) is 13.0. The van der Waals surface area contributed by atoms with Gasteiger partial charge in [0.15, 0.2) is 23.0 Å². The van der Waals surface area contributed by atoms with Gasteiger partial charge < -0.3 is 28.6 Å². The zero-order chi connectivity index (χ0) is 28.0. The van der Waals surface area contributed by atoms with Gasteiger partial charge in [-0.1, -0.05) is 26.0 Å². The molecule has 0 bridgehead atoms. The summed E-state index contributed by atoms with van der Waals surface area (Å²) in [7, 11) is 8.58. The molecule has 0 spiro atoms. The van der Waals surface area contributed by atoms with Gasteiger partial charge in [0.1, 0.15) is 0 Å². The Morgan fingerprint density at radius 2 is 1.38 bits per heavy atom. The number of hydrogen-bond acceptors (Lipinski definition) is 7. The minimum atomic E-state index is -0.798. The third-order valence-corrected chi connectivity index (χ3v) is 6.26. The van der Waals surface area contributed by atoms with Crippen molar-refractivity contribution in [3.8, 4) is 23.0 Å². The van der Waals surface area contributed by atoms with E-state index >= 15 is 0 Å². The largest absolute Gasteiger partial charge is 0.493 e. The highest BCUT2D eigenvalue weighted by Gasteiger charge is 2.37. The monoisotopic (exact) mass is 517 g/mol. The van der Waals surface area contributed by atoms with Crippen LogP contribution in [0.4, 0.5) is 0 Å². The van der Waals surface area contributed by atoms with Crippen LogP contribution in [0.3, 0.4) is 0 Å². The normalized spacial score (nSPS) is 12.3. The molecule has 7 heteroatoms. The lowest BCUT2D eigenvalue weighted by Gasteiger charge is -2.30. The van der Waals surface area contributed by atoms with Gasteiger partial charge in [-0.05, 0) is 89.0 Å². The number of carbonyl (C=O) groups is 1. The van der Waals surface area contributed by atoms with E-state index in [9.17, 15) is 4.79 Å². The highest BCUT2D eigenvalue weighted by Crippen LogP contribution is 2.37. The molecule has 0 aliphatic heterocycles. The maximum absolute atomic E-state index is 13.2. The van der Waals surface area contributed by atoms with Gasteiger partial charge in [-0.25, -0.2) is 0 Å². The summed E-state index contributed by atoms with van der Waals surface area (Å²) < 4.78 is 27.2. The molecule has 0 heterocycles. The molecular formula is C30H47NO6. The van der Waals surface area contributed by atoms with Crippen LogP contribution in [0.15, 0.2) is 36.4 Å². The van der Waals surface area contributed by atoms with Gasteiger partial charge in [0.2, 0.25) is 0 Å². The second-order valence-electron chi connectivity index (χ2n) is 9.20. The summed E-state index contributed by atoms with van der Waals surface area (Å²) in [6, 6.07) is 11.6. The Hall–Kier alpha value is -2.93. The average Bonchev–Trinajstić information content (AvgIpc) is 2.91. The Labute approximate surface area is 224 Å². The van der Waals surface area contributed by atoms with Crippen molar-refractivity contribution >= 4 is 5.97 Å². The first kappa shape index (κ1) is 32.1. The van der Waals surface area contributed by atoms with E-state index in [2.05, 4.69) is 18.0 Å². The van der Waals surface area contributed by atoms with Gasteiger partial charge in [0, 0.05) is 6.54 Å². The molecule has 2 aromatic rings. The van der Waals surface area contributed by atoms with Gasteiger partial charge in [-0.2, -0.15) is 0 Å². The molecule has 0 saturated carbocycles. The number of methoxy groups -OCH3 is 4. The minimum Gasteiger partial charge on any atom is -0.493 e. The van der Waals surface area contributed by atoms with Crippen LogP contribution >= 0.6 is 0 Å². The molecule has 0 radical (unpaired) electrons. The summed E-state index contributed by atoms with van der Waals surface area (Å²) in [5.41, 5.74) is 1.24. The third-order valence-electron chi connectivity index (χ3n) is 6.26. The molecule has 0 aliphatic carbocycles. The molecule has 0 saturated heterocycles. The molecule has 0 N–H and O–H groups in total. The Morgan fingerprint density at radius 3 is 1.92 bits per heavy atom. The number of rotatable bonds is 14. The molecule has 2 rings (SSSR count). The Balaban J connectivity index is 0.00000334. The number of benzene rings is 2. The van der Waals surface area contributed by atoms with Crippen molar-refractivity contribution in [1.29, 1.82) is 0 Å². The molecule has 0 fully saturated rings. The Bertz CT molecular complexity index is 961. The van der Waals surface area contributed by atoms with Gasteiger partial charge in [0.25, 0.3) is 0 Å². The second-order valence-corrected chi connectivity index (χ2v) is 9.20. The van der Waals surface area contributed by atoms with Gasteiger partial charge >= 0.3 is 5.97 Å². The predicted molar refractivity (Wildman–Crippen MR) is 149 cm³/mol. The number of esters is 1. The molecule has 208 valence electrons. The number of likely N-dealkylation sites (N-methyl/N-ethyl adjacent to an activating group) is 1. The molecule has 2 aromatic carbocycles. The second kappa shape index (κ2) is 16.0. The van der Waals surface area contributed by atoms with Crippen molar-refractivity contribution in [1.82, 2.24) is 4.90 Å². The van der Waals surface area contributed by atoms with E-state index in [0.29, 0.717) is 17.9 Å². The first-order valence-corrected chi connectivity index (χ1v) is 13.0. The van der Waals surface area contributed by atoms with Crippen LogP contribution < -0.4 is 18.9 Å². The highest BCUT2D eigenvalue weighted by atomic mass is 16.5. The summed E-state index contributed by atoms with van der Waals surface area (Å²) in [6.45, 7) is 11.4. The van der Waals surface area contributed by atoms with Crippen LogP contribution in [0, 0.1) is 0 Å². The quantitative estimate of drug-likeness (QED) is 0.289. The molecule has 0 amide bonds. The topological polar surface area (TPSA) is 66.5 Å².